The van der Waals surface area contributed by atoms with E-state index >= 15 is 0 Å². The first kappa shape index (κ1) is 8.67. The van der Waals surface area contributed by atoms with Gasteiger partial charge >= 0.3 is 0 Å². The van der Waals surface area contributed by atoms with Gasteiger partial charge in [-0.3, -0.25) is 4.79 Å². The molecule has 4 nitrogen and oxygen atoms in total. The minimum absolute atomic E-state index is 0.107. The van der Waals surface area contributed by atoms with Crippen molar-refractivity contribution in [1.29, 1.82) is 0 Å². The number of carbonyl (C=O) groups is 1. The van der Waals surface area contributed by atoms with Crippen molar-refractivity contribution in [3.05, 3.63) is 0 Å². The maximum absolute atomic E-state index is 11.7. The molecule has 0 radical (unpaired) electrons. The molecule has 1 heterocycles. The summed E-state index contributed by atoms with van der Waals surface area (Å²) < 4.78 is 17.4. The Bertz CT molecular complexity index is 294. The van der Waals surface area contributed by atoms with Crippen LogP contribution in [0.3, 0.4) is 0 Å². The molecule has 1 N–H and O–H groups in total. The van der Waals surface area contributed by atoms with Gasteiger partial charge in [-0.1, -0.05) is 0 Å². The Labute approximate surface area is 66.7 Å². The predicted molar refractivity (Wildman–Crippen MR) is 43.3 cm³/mol. The molecule has 5 heteroatoms. The van der Waals surface area contributed by atoms with Gasteiger partial charge in [0.1, 0.15) is 9.92 Å². The SMILES string of the molecule is CC(C)(C)S1(=O)=NC(=O)CN1. The lowest BCUT2D eigenvalue weighted by molar-refractivity contribution is -0.116. The lowest BCUT2D eigenvalue weighted by Gasteiger charge is -2.19. The zero-order valence-electron chi connectivity index (χ0n) is 6.88. The molecule has 64 valence electrons. The summed E-state index contributed by atoms with van der Waals surface area (Å²) in [5.74, 6) is -0.315. The van der Waals surface area contributed by atoms with Crippen molar-refractivity contribution in [1.82, 2.24) is 4.72 Å². The standard InChI is InChI=1S/C6H12N2O2S/c1-6(2,3)11(10)7-4-5(9)8-11/h4H2,1-3H3,(H,7,8,9,10). The molecule has 0 saturated carbocycles. The molecule has 0 spiro atoms. The number of amides is 1. The molecule has 1 atom stereocenters. The fraction of sp³-hybridized carbons (Fsp3) is 0.833. The van der Waals surface area contributed by atoms with E-state index in [1.165, 1.54) is 0 Å². The number of hydrogen-bond donors (Lipinski definition) is 1. The van der Waals surface area contributed by atoms with E-state index < -0.39 is 14.7 Å². The molecule has 1 amide bonds. The van der Waals surface area contributed by atoms with Gasteiger partial charge in [-0.15, -0.1) is 4.36 Å². The monoisotopic (exact) mass is 176 g/mol. The lowest BCUT2D eigenvalue weighted by atomic mass is 10.3. The van der Waals surface area contributed by atoms with E-state index in [-0.39, 0.29) is 12.5 Å². The summed E-state index contributed by atoms with van der Waals surface area (Å²) in [5, 5.41) is 0. The topological polar surface area (TPSA) is 58.5 Å². The summed E-state index contributed by atoms with van der Waals surface area (Å²) in [6.45, 7) is 5.50. The summed E-state index contributed by atoms with van der Waals surface area (Å²) in [7, 11) is -2.49. The van der Waals surface area contributed by atoms with Crippen LogP contribution in [0.15, 0.2) is 4.36 Å². The van der Waals surface area contributed by atoms with Crippen molar-refractivity contribution in [2.45, 2.75) is 25.5 Å². The van der Waals surface area contributed by atoms with E-state index in [1.54, 1.807) is 20.8 Å². The lowest BCUT2D eigenvalue weighted by Crippen LogP contribution is -2.36. The molecule has 1 unspecified atom stereocenters. The second kappa shape index (κ2) is 2.28. The third-order valence-electron chi connectivity index (χ3n) is 1.48. The molecule has 0 aromatic heterocycles. The predicted octanol–water partition coefficient (Wildman–Crippen LogP) is 0.298. The average Bonchev–Trinajstić information content (AvgIpc) is 2.10. The largest absolute Gasteiger partial charge is 0.270 e. The molecule has 0 fully saturated rings. The minimum atomic E-state index is -2.49. The number of carbonyl (C=O) groups excluding carboxylic acids is 1. The molecule has 0 aromatic carbocycles. The van der Waals surface area contributed by atoms with Crippen LogP contribution in [0.4, 0.5) is 0 Å². The van der Waals surface area contributed by atoms with Crippen LogP contribution < -0.4 is 4.72 Å². The van der Waals surface area contributed by atoms with Crippen molar-refractivity contribution in [2.24, 2.45) is 4.36 Å². The van der Waals surface area contributed by atoms with Gasteiger partial charge in [0.25, 0.3) is 5.91 Å². The van der Waals surface area contributed by atoms with Gasteiger partial charge in [0.15, 0.2) is 0 Å². The number of nitrogens with zero attached hydrogens (tertiary/aromatic N) is 1. The minimum Gasteiger partial charge on any atom is -0.270 e. The molecule has 1 aliphatic rings. The van der Waals surface area contributed by atoms with Crippen molar-refractivity contribution in [2.75, 3.05) is 6.54 Å². The van der Waals surface area contributed by atoms with Gasteiger partial charge in [-0.05, 0) is 20.8 Å². The second-order valence-corrected chi connectivity index (χ2v) is 6.19. The Kier molecular flexibility index (Phi) is 1.80. The first-order chi connectivity index (χ1) is 4.85. The van der Waals surface area contributed by atoms with Crippen molar-refractivity contribution in [3.63, 3.8) is 0 Å². The average molecular weight is 176 g/mol. The molecule has 1 rings (SSSR count). The second-order valence-electron chi connectivity index (χ2n) is 3.44. The molecular formula is C6H12N2O2S. The number of rotatable bonds is 0. The summed E-state index contributed by atoms with van der Waals surface area (Å²) in [4.78, 5) is 10.7. The Morgan fingerprint density at radius 2 is 2.09 bits per heavy atom. The molecule has 0 bridgehead atoms. The quantitative estimate of drug-likeness (QED) is 0.577. The van der Waals surface area contributed by atoms with Crippen LogP contribution in [0.5, 0.6) is 0 Å². The molecule has 11 heavy (non-hydrogen) atoms. The van der Waals surface area contributed by atoms with Crippen LogP contribution in [0.25, 0.3) is 0 Å². The van der Waals surface area contributed by atoms with E-state index in [1.807, 2.05) is 0 Å². The highest BCUT2D eigenvalue weighted by molar-refractivity contribution is 7.93. The highest BCUT2D eigenvalue weighted by Crippen LogP contribution is 2.18. The molecule has 0 aliphatic carbocycles. The van der Waals surface area contributed by atoms with E-state index in [0.29, 0.717) is 0 Å². The van der Waals surface area contributed by atoms with E-state index in [2.05, 4.69) is 9.08 Å². The first-order valence-electron chi connectivity index (χ1n) is 3.39. The fourth-order valence-corrected chi connectivity index (χ4v) is 2.16. The highest BCUT2D eigenvalue weighted by Gasteiger charge is 2.32. The normalized spacial score (nSPS) is 32.1. The summed E-state index contributed by atoms with van der Waals surface area (Å²) in [5.41, 5.74) is 0. The van der Waals surface area contributed by atoms with Crippen LogP contribution in [-0.2, 0) is 14.7 Å². The van der Waals surface area contributed by atoms with Crippen LogP contribution in [0.1, 0.15) is 20.8 Å². The third-order valence-corrected chi connectivity index (χ3v) is 4.14. The summed E-state index contributed by atoms with van der Waals surface area (Å²) in [6.07, 6.45) is 0. The Morgan fingerprint density at radius 1 is 1.55 bits per heavy atom. The van der Waals surface area contributed by atoms with Crippen LogP contribution in [-0.4, -0.2) is 21.4 Å². The van der Waals surface area contributed by atoms with Crippen LogP contribution in [0.2, 0.25) is 0 Å². The van der Waals surface area contributed by atoms with Gasteiger partial charge in [0.2, 0.25) is 0 Å². The Hall–Kier alpha value is -0.420. The maximum atomic E-state index is 11.7. The van der Waals surface area contributed by atoms with Gasteiger partial charge in [-0.25, -0.2) is 8.93 Å². The number of hydrogen-bond acceptors (Lipinski definition) is 2. The van der Waals surface area contributed by atoms with Crippen LogP contribution in [0, 0.1) is 0 Å². The molecule has 0 saturated heterocycles. The molecule has 0 aromatic rings. The van der Waals surface area contributed by atoms with Crippen LogP contribution >= 0.6 is 0 Å². The molecular weight excluding hydrogens is 164 g/mol. The highest BCUT2D eigenvalue weighted by atomic mass is 32.2. The first-order valence-corrected chi connectivity index (χ1v) is 4.91. The zero-order valence-corrected chi connectivity index (χ0v) is 7.70. The van der Waals surface area contributed by atoms with Gasteiger partial charge in [0.05, 0.1) is 11.3 Å². The van der Waals surface area contributed by atoms with E-state index in [0.717, 1.165) is 0 Å². The summed E-state index contributed by atoms with van der Waals surface area (Å²) >= 11 is 0. The third kappa shape index (κ3) is 1.44. The maximum Gasteiger partial charge on any atom is 0.269 e. The summed E-state index contributed by atoms with van der Waals surface area (Å²) in [6, 6.07) is 0. The smallest absolute Gasteiger partial charge is 0.269 e. The number of nitrogens with one attached hydrogen (secondary N) is 1. The van der Waals surface area contributed by atoms with E-state index in [9.17, 15) is 9.00 Å². The fourth-order valence-electron chi connectivity index (χ4n) is 0.721. The van der Waals surface area contributed by atoms with Gasteiger partial charge in [-0.2, -0.15) is 0 Å². The zero-order chi connectivity index (χ0) is 8.70. The Morgan fingerprint density at radius 3 is 2.27 bits per heavy atom. The van der Waals surface area contributed by atoms with E-state index in [4.69, 9.17) is 0 Å². The van der Waals surface area contributed by atoms with Crippen molar-refractivity contribution in [3.8, 4) is 0 Å². The molecule has 1 aliphatic heterocycles. The van der Waals surface area contributed by atoms with Crippen molar-refractivity contribution < 1.29 is 9.00 Å². The Balaban J connectivity index is 3.13. The van der Waals surface area contributed by atoms with Gasteiger partial charge < -0.3 is 0 Å². The van der Waals surface area contributed by atoms with Gasteiger partial charge in [0, 0.05) is 0 Å². The van der Waals surface area contributed by atoms with Crippen molar-refractivity contribution >= 4 is 15.8 Å².